The quantitative estimate of drug-likeness (QED) is 0.736. The maximum Gasteiger partial charge on any atom is 0.434 e. The number of hydrogen-bond acceptors (Lipinski definition) is 7. The van der Waals surface area contributed by atoms with Crippen LogP contribution in [0.2, 0.25) is 5.02 Å². The summed E-state index contributed by atoms with van der Waals surface area (Å²) in [5, 5.41) is 21.0. The average molecular weight is 440 g/mol. The van der Waals surface area contributed by atoms with Gasteiger partial charge in [0.25, 0.3) is 5.91 Å². The van der Waals surface area contributed by atoms with E-state index in [1.54, 1.807) is 6.07 Å². The number of nitriles is 1. The fraction of sp³-hybridized carbons (Fsp3) is 0.222. The molecular weight excluding hydrogens is 427 g/mol. The van der Waals surface area contributed by atoms with Crippen molar-refractivity contribution in [2.75, 3.05) is 7.11 Å². The lowest BCUT2D eigenvalue weighted by atomic mass is 10.1. The molecule has 12 heteroatoms. The largest absolute Gasteiger partial charge is 0.480 e. The zero-order chi connectivity index (χ0) is 21.9. The van der Waals surface area contributed by atoms with Crippen molar-refractivity contribution in [3.05, 3.63) is 58.1 Å². The van der Waals surface area contributed by atoms with Gasteiger partial charge >= 0.3 is 6.18 Å². The van der Waals surface area contributed by atoms with Crippen LogP contribution >= 0.6 is 11.6 Å². The first kappa shape index (κ1) is 21.2. The first-order chi connectivity index (χ1) is 14.2. The maximum atomic E-state index is 13.6. The Hall–Kier alpha value is -3.52. The van der Waals surface area contributed by atoms with Crippen LogP contribution in [0.1, 0.15) is 11.1 Å². The Morgan fingerprint density at radius 2 is 2.07 bits per heavy atom. The highest BCUT2D eigenvalue weighted by Crippen LogP contribution is 2.31. The molecule has 1 aromatic heterocycles. The van der Waals surface area contributed by atoms with Crippen molar-refractivity contribution in [2.45, 2.75) is 18.8 Å². The Balaban J connectivity index is 1.93. The third kappa shape index (κ3) is 4.72. The molecule has 1 unspecified atom stereocenters. The Morgan fingerprint density at radius 3 is 2.73 bits per heavy atom. The van der Waals surface area contributed by atoms with Crippen molar-refractivity contribution >= 4 is 17.5 Å². The number of ether oxygens (including phenoxy) is 2. The monoisotopic (exact) mass is 439 g/mol. The second-order valence-electron chi connectivity index (χ2n) is 6.03. The smallest absolute Gasteiger partial charge is 0.434 e. The van der Waals surface area contributed by atoms with E-state index in [1.165, 1.54) is 37.6 Å². The minimum Gasteiger partial charge on any atom is -0.480 e. The van der Waals surface area contributed by atoms with Gasteiger partial charge in [0.2, 0.25) is 11.6 Å². The second-order valence-corrected chi connectivity index (χ2v) is 6.47. The summed E-state index contributed by atoms with van der Waals surface area (Å²) in [7, 11) is 1.34. The molecule has 156 valence electrons. The molecule has 3 rings (SSSR count). The van der Waals surface area contributed by atoms with Gasteiger partial charge in [-0.25, -0.2) is 0 Å². The van der Waals surface area contributed by atoms with Crippen molar-refractivity contribution < 1.29 is 27.4 Å². The molecule has 8 nitrogen and oxygen atoms in total. The van der Waals surface area contributed by atoms with E-state index < -0.39 is 29.7 Å². The van der Waals surface area contributed by atoms with Gasteiger partial charge in [-0.1, -0.05) is 11.6 Å². The zero-order valence-electron chi connectivity index (χ0n) is 15.2. The minimum atomic E-state index is -4.91. The van der Waals surface area contributed by atoms with Crippen LogP contribution < -0.4 is 20.1 Å². The van der Waals surface area contributed by atoms with Gasteiger partial charge in [0.1, 0.15) is 11.9 Å². The van der Waals surface area contributed by atoms with Gasteiger partial charge in [-0.05, 0) is 24.3 Å². The zero-order valence-corrected chi connectivity index (χ0v) is 16.0. The van der Waals surface area contributed by atoms with Crippen LogP contribution in [0, 0.1) is 11.3 Å². The normalized spacial score (nSPS) is 16.4. The maximum absolute atomic E-state index is 13.6. The minimum absolute atomic E-state index is 0.0611. The molecule has 0 bridgehead atoms. The average Bonchev–Trinajstić information content (AvgIpc) is 2.69. The van der Waals surface area contributed by atoms with Gasteiger partial charge in [-0.3, -0.25) is 4.79 Å². The number of amides is 1. The molecule has 0 radical (unpaired) electrons. The second kappa shape index (κ2) is 8.46. The molecule has 1 aliphatic rings. The van der Waals surface area contributed by atoms with E-state index in [-0.39, 0.29) is 28.6 Å². The molecule has 1 aliphatic heterocycles. The van der Waals surface area contributed by atoms with Gasteiger partial charge in [0.15, 0.2) is 5.70 Å². The Morgan fingerprint density at radius 1 is 1.30 bits per heavy atom. The lowest BCUT2D eigenvalue weighted by Crippen LogP contribution is -2.55. The highest BCUT2D eigenvalue weighted by molar-refractivity contribution is 6.30. The van der Waals surface area contributed by atoms with Crippen LogP contribution in [0.15, 0.2) is 41.9 Å². The lowest BCUT2D eigenvalue weighted by molar-refractivity contribution is -0.127. The summed E-state index contributed by atoms with van der Waals surface area (Å²) in [6, 6.07) is 6.97. The van der Waals surface area contributed by atoms with Crippen LogP contribution in [0.3, 0.4) is 0 Å². The first-order valence-electron chi connectivity index (χ1n) is 8.33. The van der Waals surface area contributed by atoms with Gasteiger partial charge in [0, 0.05) is 17.0 Å². The van der Waals surface area contributed by atoms with Crippen molar-refractivity contribution in [1.82, 2.24) is 20.8 Å². The topological polar surface area (TPSA) is 109 Å². The summed E-state index contributed by atoms with van der Waals surface area (Å²) >= 11 is 5.84. The summed E-state index contributed by atoms with van der Waals surface area (Å²) in [5.41, 5.74) is -0.869. The molecule has 2 aromatic rings. The third-order valence-electron chi connectivity index (χ3n) is 3.94. The molecule has 1 atom stereocenters. The van der Waals surface area contributed by atoms with Crippen molar-refractivity contribution in [3.8, 4) is 17.7 Å². The SMILES string of the molecule is COc1nnccc1CC1NC(=O)C(Oc2cc(Cl)cc(C#N)c2)=C(C(F)(F)F)N1. The molecule has 30 heavy (non-hydrogen) atoms. The predicted octanol–water partition coefficient (Wildman–Crippen LogP) is 2.45. The molecule has 0 spiro atoms. The number of aromatic nitrogens is 2. The third-order valence-corrected chi connectivity index (χ3v) is 4.16. The van der Waals surface area contributed by atoms with E-state index in [2.05, 4.69) is 20.8 Å². The van der Waals surface area contributed by atoms with E-state index in [9.17, 15) is 18.0 Å². The highest BCUT2D eigenvalue weighted by Gasteiger charge is 2.44. The van der Waals surface area contributed by atoms with E-state index in [0.29, 0.717) is 5.56 Å². The molecule has 0 saturated carbocycles. The Bertz CT molecular complexity index is 1050. The summed E-state index contributed by atoms with van der Waals surface area (Å²) in [6.45, 7) is 0. The molecule has 0 aliphatic carbocycles. The Kier molecular flexibility index (Phi) is 5.98. The van der Waals surface area contributed by atoms with Crippen LogP contribution in [0.5, 0.6) is 11.6 Å². The summed E-state index contributed by atoms with van der Waals surface area (Å²) in [6.07, 6.45) is -4.74. The van der Waals surface area contributed by atoms with Crippen molar-refractivity contribution in [1.29, 1.82) is 5.26 Å². The number of nitrogens with zero attached hydrogens (tertiary/aromatic N) is 3. The van der Waals surface area contributed by atoms with Crippen LogP contribution in [0.25, 0.3) is 0 Å². The molecule has 1 aromatic carbocycles. The van der Waals surface area contributed by atoms with Gasteiger partial charge < -0.3 is 20.1 Å². The van der Waals surface area contributed by atoms with Gasteiger partial charge in [-0.15, -0.1) is 5.10 Å². The lowest BCUT2D eigenvalue weighted by Gasteiger charge is -2.30. The highest BCUT2D eigenvalue weighted by atomic mass is 35.5. The molecule has 1 amide bonds. The van der Waals surface area contributed by atoms with Crippen LogP contribution in [-0.2, 0) is 11.2 Å². The molecule has 2 heterocycles. The van der Waals surface area contributed by atoms with E-state index in [4.69, 9.17) is 26.3 Å². The molecule has 0 saturated heterocycles. The fourth-order valence-electron chi connectivity index (χ4n) is 2.72. The summed E-state index contributed by atoms with van der Waals surface area (Å²) in [5.74, 6) is -2.16. The van der Waals surface area contributed by atoms with E-state index in [0.717, 1.165) is 0 Å². The number of alkyl halides is 3. The summed E-state index contributed by atoms with van der Waals surface area (Å²) < 4.78 is 51.1. The van der Waals surface area contributed by atoms with E-state index >= 15 is 0 Å². The number of allylic oxidation sites excluding steroid dienone is 1. The number of halogens is 4. The van der Waals surface area contributed by atoms with E-state index in [1.807, 2.05) is 0 Å². The van der Waals surface area contributed by atoms with Crippen molar-refractivity contribution in [2.24, 2.45) is 0 Å². The van der Waals surface area contributed by atoms with Gasteiger partial charge in [-0.2, -0.15) is 23.5 Å². The first-order valence-corrected chi connectivity index (χ1v) is 8.71. The standard InChI is InChI=1S/C18H13ClF3N5O3/c1-29-17-10(2-3-24-27-17)6-13-25-15(18(20,21)22)14(16(28)26-13)30-12-5-9(8-23)4-11(19)7-12/h2-5,7,13,25H,6H2,1H3,(H,26,28). The summed E-state index contributed by atoms with van der Waals surface area (Å²) in [4.78, 5) is 12.5. The number of nitrogens with one attached hydrogen (secondary N) is 2. The number of benzene rings is 1. The number of carbonyl (C=O) groups is 1. The van der Waals surface area contributed by atoms with Crippen molar-refractivity contribution in [3.63, 3.8) is 0 Å². The van der Waals surface area contributed by atoms with Crippen LogP contribution in [0.4, 0.5) is 13.2 Å². The van der Waals surface area contributed by atoms with Crippen LogP contribution in [-0.4, -0.2) is 35.6 Å². The van der Waals surface area contributed by atoms with Gasteiger partial charge in [0.05, 0.1) is 24.9 Å². The molecule has 2 N–H and O–H groups in total. The molecule has 0 fully saturated rings. The predicted molar refractivity (Wildman–Crippen MR) is 97.2 cm³/mol. The number of rotatable bonds is 5. The number of carbonyl (C=O) groups excluding carboxylic acids is 1. The number of methoxy groups -OCH3 is 1. The Labute approximate surface area is 173 Å². The molecular formula is C18H13ClF3N5O3. The fourth-order valence-corrected chi connectivity index (χ4v) is 2.94. The number of hydrogen-bond donors (Lipinski definition) is 2.